The third-order valence-electron chi connectivity index (χ3n) is 4.00. The van der Waals surface area contributed by atoms with Gasteiger partial charge in [-0.1, -0.05) is 15.9 Å². The molecule has 0 amide bonds. The lowest BCUT2D eigenvalue weighted by atomic mass is 10.00. The zero-order chi connectivity index (χ0) is 13.6. The molecule has 1 fully saturated rings. The van der Waals surface area contributed by atoms with E-state index in [1.807, 2.05) is 12.1 Å². The summed E-state index contributed by atoms with van der Waals surface area (Å²) in [6.07, 6.45) is 3.71. The molecule has 0 aliphatic carbocycles. The summed E-state index contributed by atoms with van der Waals surface area (Å²) in [5, 5.41) is 2.38. The molecule has 1 aliphatic rings. The molecule has 5 heteroatoms. The predicted molar refractivity (Wildman–Crippen MR) is 82.8 cm³/mol. The molecule has 2 heterocycles. The van der Waals surface area contributed by atoms with E-state index in [9.17, 15) is 0 Å². The fraction of sp³-hybridized carbons (Fsp3) is 0.500. The van der Waals surface area contributed by atoms with Crippen LogP contribution in [0.3, 0.4) is 0 Å². The van der Waals surface area contributed by atoms with Gasteiger partial charge in [0, 0.05) is 16.6 Å². The molecule has 2 aromatic rings. The standard InChI is InChI=1S/C14H19BrN4/c1-9-4-3-5-10(2)18(9)19-13-7-6-11(15)8-12(13)17-14(19)16/h6-10H,3-5H2,1-2H3,(H2,16,17). The van der Waals surface area contributed by atoms with Gasteiger partial charge < -0.3 is 10.7 Å². The van der Waals surface area contributed by atoms with E-state index >= 15 is 0 Å². The molecule has 2 N–H and O–H groups in total. The lowest BCUT2D eigenvalue weighted by molar-refractivity contribution is 0.343. The summed E-state index contributed by atoms with van der Waals surface area (Å²) in [6, 6.07) is 7.12. The zero-order valence-corrected chi connectivity index (χ0v) is 12.9. The molecule has 1 aromatic heterocycles. The van der Waals surface area contributed by atoms with E-state index in [1.54, 1.807) is 0 Å². The minimum atomic E-state index is 0.493. The highest BCUT2D eigenvalue weighted by Gasteiger charge is 2.27. The van der Waals surface area contributed by atoms with Gasteiger partial charge >= 0.3 is 0 Å². The quantitative estimate of drug-likeness (QED) is 0.876. The maximum absolute atomic E-state index is 6.15. The van der Waals surface area contributed by atoms with Gasteiger partial charge in [0.2, 0.25) is 5.95 Å². The molecule has 0 saturated carbocycles. The number of benzene rings is 1. The van der Waals surface area contributed by atoms with E-state index in [0.717, 1.165) is 15.5 Å². The van der Waals surface area contributed by atoms with Crippen molar-refractivity contribution in [1.82, 2.24) is 9.66 Å². The van der Waals surface area contributed by atoms with Crippen LogP contribution in [-0.2, 0) is 0 Å². The topological polar surface area (TPSA) is 47.1 Å². The molecule has 0 spiro atoms. The van der Waals surface area contributed by atoms with Crippen molar-refractivity contribution in [1.29, 1.82) is 0 Å². The Hall–Kier alpha value is -1.23. The van der Waals surface area contributed by atoms with E-state index in [-0.39, 0.29) is 0 Å². The van der Waals surface area contributed by atoms with Crippen LogP contribution in [0.5, 0.6) is 0 Å². The highest BCUT2D eigenvalue weighted by atomic mass is 79.9. The molecular formula is C14H19BrN4. The third kappa shape index (κ3) is 2.10. The van der Waals surface area contributed by atoms with Crippen LogP contribution in [0, 0.1) is 0 Å². The van der Waals surface area contributed by atoms with Crippen LogP contribution < -0.4 is 10.7 Å². The molecule has 2 atom stereocenters. The van der Waals surface area contributed by atoms with Gasteiger partial charge in [-0.25, -0.2) is 9.66 Å². The van der Waals surface area contributed by atoms with Gasteiger partial charge in [0.1, 0.15) is 0 Å². The summed E-state index contributed by atoms with van der Waals surface area (Å²) in [6.45, 7) is 4.53. The average molecular weight is 323 g/mol. The molecule has 1 aromatic carbocycles. The summed E-state index contributed by atoms with van der Waals surface area (Å²) in [5.74, 6) is 0.578. The lowest BCUT2D eigenvalue weighted by Crippen LogP contribution is -2.51. The molecule has 0 bridgehead atoms. The first-order chi connectivity index (χ1) is 9.08. The molecule has 102 valence electrons. The molecular weight excluding hydrogens is 304 g/mol. The maximum Gasteiger partial charge on any atom is 0.220 e. The van der Waals surface area contributed by atoms with Gasteiger partial charge in [-0.15, -0.1) is 0 Å². The molecule has 4 nitrogen and oxygen atoms in total. The minimum absolute atomic E-state index is 0.493. The molecule has 1 saturated heterocycles. The fourth-order valence-corrected chi connectivity index (χ4v) is 3.45. The second kappa shape index (κ2) is 4.71. The van der Waals surface area contributed by atoms with Gasteiger partial charge in [0.25, 0.3) is 0 Å². The zero-order valence-electron chi connectivity index (χ0n) is 11.3. The van der Waals surface area contributed by atoms with E-state index < -0.39 is 0 Å². The highest BCUT2D eigenvalue weighted by Crippen LogP contribution is 2.28. The van der Waals surface area contributed by atoms with E-state index in [0.29, 0.717) is 18.0 Å². The Labute approximate surface area is 121 Å². The number of anilines is 1. The van der Waals surface area contributed by atoms with Crippen LogP contribution in [0.1, 0.15) is 33.1 Å². The molecule has 2 unspecified atom stereocenters. The fourth-order valence-electron chi connectivity index (χ4n) is 3.10. The number of halogens is 1. The van der Waals surface area contributed by atoms with Crippen molar-refractivity contribution in [3.05, 3.63) is 22.7 Å². The SMILES string of the molecule is CC1CCCC(C)N1n1c(N)nc2cc(Br)ccc21. The first-order valence-electron chi connectivity index (χ1n) is 6.80. The Bertz CT molecular complexity index is 597. The van der Waals surface area contributed by atoms with Crippen LogP contribution in [0.2, 0.25) is 0 Å². The Morgan fingerprint density at radius 1 is 1.26 bits per heavy atom. The van der Waals surface area contributed by atoms with Crippen molar-refractivity contribution in [2.45, 2.75) is 45.2 Å². The number of aromatic nitrogens is 2. The minimum Gasteiger partial charge on any atom is -0.368 e. The number of piperidine rings is 1. The summed E-state index contributed by atoms with van der Waals surface area (Å²) < 4.78 is 3.13. The van der Waals surface area contributed by atoms with Crippen LogP contribution >= 0.6 is 15.9 Å². The number of hydrogen-bond donors (Lipinski definition) is 1. The first-order valence-corrected chi connectivity index (χ1v) is 7.59. The molecule has 19 heavy (non-hydrogen) atoms. The number of rotatable bonds is 1. The summed E-state index contributed by atoms with van der Waals surface area (Å²) in [5.41, 5.74) is 8.18. The highest BCUT2D eigenvalue weighted by molar-refractivity contribution is 9.10. The van der Waals surface area contributed by atoms with Crippen molar-refractivity contribution in [2.75, 3.05) is 10.7 Å². The van der Waals surface area contributed by atoms with Crippen LogP contribution in [0.4, 0.5) is 5.95 Å². The number of nitrogens with zero attached hydrogens (tertiary/aromatic N) is 3. The van der Waals surface area contributed by atoms with Crippen molar-refractivity contribution in [3.8, 4) is 0 Å². The largest absolute Gasteiger partial charge is 0.368 e. The monoisotopic (exact) mass is 322 g/mol. The van der Waals surface area contributed by atoms with Crippen LogP contribution in [0.25, 0.3) is 11.0 Å². The van der Waals surface area contributed by atoms with E-state index in [4.69, 9.17) is 5.73 Å². The predicted octanol–water partition coefficient (Wildman–Crippen LogP) is 3.28. The van der Waals surface area contributed by atoms with Crippen LogP contribution in [0.15, 0.2) is 22.7 Å². The van der Waals surface area contributed by atoms with Crippen molar-refractivity contribution in [2.24, 2.45) is 0 Å². The van der Waals surface area contributed by atoms with Gasteiger partial charge in [-0.2, -0.15) is 0 Å². The Kier molecular flexibility index (Phi) is 3.17. The van der Waals surface area contributed by atoms with Gasteiger partial charge in [0.15, 0.2) is 0 Å². The van der Waals surface area contributed by atoms with Gasteiger partial charge in [-0.05, 0) is 51.3 Å². The summed E-state index contributed by atoms with van der Waals surface area (Å²) in [4.78, 5) is 4.49. The number of hydrogen-bond acceptors (Lipinski definition) is 3. The van der Waals surface area contributed by atoms with E-state index in [1.165, 1.54) is 19.3 Å². The summed E-state index contributed by atoms with van der Waals surface area (Å²) in [7, 11) is 0. The van der Waals surface area contributed by atoms with Gasteiger partial charge in [0.05, 0.1) is 11.0 Å². The Balaban J connectivity index is 2.15. The van der Waals surface area contributed by atoms with Gasteiger partial charge in [-0.3, -0.25) is 0 Å². The van der Waals surface area contributed by atoms with Crippen LogP contribution in [-0.4, -0.2) is 21.7 Å². The second-order valence-electron chi connectivity index (χ2n) is 5.42. The van der Waals surface area contributed by atoms with Crippen molar-refractivity contribution in [3.63, 3.8) is 0 Å². The molecule has 0 radical (unpaired) electrons. The van der Waals surface area contributed by atoms with E-state index in [2.05, 4.69) is 50.5 Å². The summed E-state index contributed by atoms with van der Waals surface area (Å²) >= 11 is 3.48. The second-order valence-corrected chi connectivity index (χ2v) is 6.34. The number of nitrogens with two attached hydrogens (primary N) is 1. The molecule has 3 rings (SSSR count). The Morgan fingerprint density at radius 3 is 2.63 bits per heavy atom. The van der Waals surface area contributed by atoms with Crippen molar-refractivity contribution < 1.29 is 0 Å². The normalized spacial score (nSPS) is 24.1. The average Bonchev–Trinajstić information content (AvgIpc) is 2.65. The third-order valence-corrected chi connectivity index (χ3v) is 4.49. The Morgan fingerprint density at radius 2 is 1.95 bits per heavy atom. The maximum atomic E-state index is 6.15. The first kappa shape index (κ1) is 12.8. The number of fused-ring (bicyclic) bond motifs is 1. The number of nitrogen functional groups attached to an aromatic ring is 1. The van der Waals surface area contributed by atoms with Crippen molar-refractivity contribution >= 4 is 32.9 Å². The smallest absolute Gasteiger partial charge is 0.220 e. The number of imidazole rings is 1. The lowest BCUT2D eigenvalue weighted by Gasteiger charge is -2.41. The molecule has 1 aliphatic heterocycles.